The third kappa shape index (κ3) is 2.47. The van der Waals surface area contributed by atoms with Gasteiger partial charge in [-0.1, -0.05) is 12.1 Å². The van der Waals surface area contributed by atoms with E-state index in [1.54, 1.807) is 12.5 Å². The molecule has 6 nitrogen and oxygen atoms in total. The third-order valence-electron chi connectivity index (χ3n) is 3.96. The van der Waals surface area contributed by atoms with Crippen LogP contribution in [0.1, 0.15) is 56.9 Å². The maximum atomic E-state index is 5.51. The van der Waals surface area contributed by atoms with Gasteiger partial charge >= 0.3 is 0 Å². The molecule has 0 radical (unpaired) electrons. The SMILES string of the molecule is CCCN1CCC[C@@H]1c1nc([C@H](C)n2ccnc2)no1. The predicted molar refractivity (Wildman–Crippen MR) is 74.2 cm³/mol. The third-order valence-corrected chi connectivity index (χ3v) is 3.96. The lowest BCUT2D eigenvalue weighted by Crippen LogP contribution is -2.24. The van der Waals surface area contributed by atoms with Crippen LogP contribution in [0.25, 0.3) is 0 Å². The van der Waals surface area contributed by atoms with E-state index in [-0.39, 0.29) is 6.04 Å². The van der Waals surface area contributed by atoms with Gasteiger partial charge in [-0.3, -0.25) is 4.90 Å². The molecule has 1 aliphatic rings. The smallest absolute Gasteiger partial charge is 0.244 e. The van der Waals surface area contributed by atoms with Crippen molar-refractivity contribution >= 4 is 0 Å². The van der Waals surface area contributed by atoms with E-state index < -0.39 is 0 Å². The lowest BCUT2D eigenvalue weighted by Gasteiger charge is -2.20. The Morgan fingerprint density at radius 2 is 2.40 bits per heavy atom. The van der Waals surface area contributed by atoms with Crippen LogP contribution in [0.3, 0.4) is 0 Å². The molecule has 2 atom stereocenters. The van der Waals surface area contributed by atoms with E-state index in [2.05, 4.69) is 33.9 Å². The summed E-state index contributed by atoms with van der Waals surface area (Å²) >= 11 is 0. The zero-order chi connectivity index (χ0) is 13.9. The van der Waals surface area contributed by atoms with Gasteiger partial charge in [0.25, 0.3) is 0 Å². The quantitative estimate of drug-likeness (QED) is 0.838. The fourth-order valence-corrected chi connectivity index (χ4v) is 2.84. The highest BCUT2D eigenvalue weighted by molar-refractivity contribution is 5.01. The molecule has 2 aromatic rings. The highest BCUT2D eigenvalue weighted by Crippen LogP contribution is 2.31. The van der Waals surface area contributed by atoms with Crippen LogP contribution in [0.4, 0.5) is 0 Å². The average Bonchev–Trinajstić information content (AvgIpc) is 3.19. The molecule has 0 spiro atoms. The van der Waals surface area contributed by atoms with Gasteiger partial charge in [0.1, 0.15) is 0 Å². The number of hydrogen-bond donors (Lipinski definition) is 0. The first-order valence-electron chi connectivity index (χ1n) is 7.34. The first kappa shape index (κ1) is 13.3. The Morgan fingerprint density at radius 1 is 1.50 bits per heavy atom. The van der Waals surface area contributed by atoms with E-state index in [1.165, 1.54) is 6.42 Å². The van der Waals surface area contributed by atoms with E-state index in [0.717, 1.165) is 37.6 Å². The van der Waals surface area contributed by atoms with Gasteiger partial charge in [0.05, 0.1) is 18.4 Å². The molecule has 3 heterocycles. The molecule has 2 aromatic heterocycles. The van der Waals surface area contributed by atoms with Crippen molar-refractivity contribution in [2.75, 3.05) is 13.1 Å². The summed E-state index contributed by atoms with van der Waals surface area (Å²) in [5.74, 6) is 1.49. The Bertz CT molecular complexity index is 536. The van der Waals surface area contributed by atoms with E-state index in [4.69, 9.17) is 4.52 Å². The van der Waals surface area contributed by atoms with Gasteiger partial charge in [0.15, 0.2) is 5.82 Å². The molecule has 0 amide bonds. The highest BCUT2D eigenvalue weighted by Gasteiger charge is 2.30. The Morgan fingerprint density at radius 3 is 3.15 bits per heavy atom. The van der Waals surface area contributed by atoms with Crippen LogP contribution in [-0.2, 0) is 0 Å². The summed E-state index contributed by atoms with van der Waals surface area (Å²) in [4.78, 5) is 11.1. The van der Waals surface area contributed by atoms with Gasteiger partial charge in [-0.05, 0) is 39.3 Å². The summed E-state index contributed by atoms with van der Waals surface area (Å²) < 4.78 is 7.49. The second-order valence-corrected chi connectivity index (χ2v) is 5.37. The van der Waals surface area contributed by atoms with E-state index >= 15 is 0 Å². The topological polar surface area (TPSA) is 60.0 Å². The summed E-state index contributed by atoms with van der Waals surface area (Å²) in [5.41, 5.74) is 0. The van der Waals surface area contributed by atoms with Crippen molar-refractivity contribution < 1.29 is 4.52 Å². The number of hydrogen-bond acceptors (Lipinski definition) is 5. The molecule has 0 N–H and O–H groups in total. The van der Waals surface area contributed by atoms with Gasteiger partial charge < -0.3 is 9.09 Å². The van der Waals surface area contributed by atoms with Gasteiger partial charge in [0, 0.05) is 12.4 Å². The minimum Gasteiger partial charge on any atom is -0.338 e. The molecule has 20 heavy (non-hydrogen) atoms. The molecule has 6 heteroatoms. The van der Waals surface area contributed by atoms with Crippen LogP contribution in [0.15, 0.2) is 23.2 Å². The average molecular weight is 275 g/mol. The number of nitrogens with zero attached hydrogens (tertiary/aromatic N) is 5. The Labute approximate surface area is 118 Å². The van der Waals surface area contributed by atoms with Crippen LogP contribution in [0, 0.1) is 0 Å². The fourth-order valence-electron chi connectivity index (χ4n) is 2.84. The van der Waals surface area contributed by atoms with E-state index in [9.17, 15) is 0 Å². The Kier molecular flexibility index (Phi) is 3.82. The van der Waals surface area contributed by atoms with Crippen molar-refractivity contribution in [1.29, 1.82) is 0 Å². The summed E-state index contributed by atoms with van der Waals surface area (Å²) in [5, 5.41) is 4.15. The van der Waals surface area contributed by atoms with Gasteiger partial charge in [-0.2, -0.15) is 4.98 Å². The molecule has 0 unspecified atom stereocenters. The van der Waals surface area contributed by atoms with Crippen LogP contribution < -0.4 is 0 Å². The minimum absolute atomic E-state index is 0.0519. The van der Waals surface area contributed by atoms with Crippen molar-refractivity contribution in [3.63, 3.8) is 0 Å². The highest BCUT2D eigenvalue weighted by atomic mass is 16.5. The van der Waals surface area contributed by atoms with Gasteiger partial charge in [-0.15, -0.1) is 0 Å². The molecule has 1 fully saturated rings. The summed E-state index contributed by atoms with van der Waals surface area (Å²) in [6, 6.07) is 0.349. The van der Waals surface area contributed by atoms with Crippen LogP contribution >= 0.6 is 0 Å². The zero-order valence-electron chi connectivity index (χ0n) is 12.1. The number of likely N-dealkylation sites (tertiary alicyclic amines) is 1. The minimum atomic E-state index is 0.0519. The monoisotopic (exact) mass is 275 g/mol. The molecular weight excluding hydrogens is 254 g/mol. The van der Waals surface area contributed by atoms with Crippen LogP contribution in [-0.4, -0.2) is 37.7 Å². The van der Waals surface area contributed by atoms with Gasteiger partial charge in [0.2, 0.25) is 5.89 Å². The molecule has 0 bridgehead atoms. The van der Waals surface area contributed by atoms with Crippen molar-refractivity contribution in [3.05, 3.63) is 30.4 Å². The van der Waals surface area contributed by atoms with E-state index in [1.807, 2.05) is 10.8 Å². The van der Waals surface area contributed by atoms with Crippen molar-refractivity contribution in [3.8, 4) is 0 Å². The predicted octanol–water partition coefficient (Wildman–Crippen LogP) is 2.42. The maximum absolute atomic E-state index is 5.51. The molecule has 1 saturated heterocycles. The van der Waals surface area contributed by atoms with Gasteiger partial charge in [-0.25, -0.2) is 4.98 Å². The molecular formula is C14H21N5O. The summed E-state index contributed by atoms with van der Waals surface area (Å²) in [6.07, 6.45) is 8.93. The summed E-state index contributed by atoms with van der Waals surface area (Å²) in [7, 11) is 0. The lowest BCUT2D eigenvalue weighted by atomic mass is 10.2. The normalized spacial score (nSPS) is 21.4. The fraction of sp³-hybridized carbons (Fsp3) is 0.643. The standard InChI is InChI=1S/C14H21N5O/c1-3-7-18-8-4-5-12(18)14-16-13(17-20-14)11(2)19-9-6-15-10-19/h6,9-12H,3-5,7-8H2,1-2H3/t11-,12+/m0/s1. The maximum Gasteiger partial charge on any atom is 0.244 e. The second kappa shape index (κ2) is 5.75. The van der Waals surface area contributed by atoms with E-state index in [0.29, 0.717) is 6.04 Å². The zero-order valence-corrected chi connectivity index (χ0v) is 12.1. The number of aromatic nitrogens is 4. The molecule has 108 valence electrons. The number of rotatable bonds is 5. The Balaban J connectivity index is 1.76. The Hall–Kier alpha value is -1.69. The van der Waals surface area contributed by atoms with Crippen LogP contribution in [0.5, 0.6) is 0 Å². The lowest BCUT2D eigenvalue weighted by molar-refractivity contribution is 0.208. The van der Waals surface area contributed by atoms with Crippen molar-refractivity contribution in [2.45, 2.75) is 45.2 Å². The largest absolute Gasteiger partial charge is 0.338 e. The van der Waals surface area contributed by atoms with Crippen molar-refractivity contribution in [1.82, 2.24) is 24.6 Å². The summed E-state index contributed by atoms with van der Waals surface area (Å²) in [6.45, 7) is 6.48. The van der Waals surface area contributed by atoms with Crippen LogP contribution in [0.2, 0.25) is 0 Å². The van der Waals surface area contributed by atoms with Crippen molar-refractivity contribution in [2.24, 2.45) is 0 Å². The first-order chi connectivity index (χ1) is 9.79. The molecule has 3 rings (SSSR count). The molecule has 0 aromatic carbocycles. The number of imidazole rings is 1. The molecule has 0 aliphatic carbocycles. The second-order valence-electron chi connectivity index (χ2n) is 5.37. The first-order valence-corrected chi connectivity index (χ1v) is 7.34. The molecule has 0 saturated carbocycles. The molecule has 1 aliphatic heterocycles.